The predicted octanol–water partition coefficient (Wildman–Crippen LogP) is 5.72. The number of aromatic nitrogens is 1. The molecule has 0 unspecified atom stereocenters. The van der Waals surface area contributed by atoms with Crippen LogP contribution in [0.15, 0.2) is 66.9 Å². The van der Waals surface area contributed by atoms with Gasteiger partial charge in [0, 0.05) is 18.1 Å². The molecular formula is C28H32ClN3O2. The zero-order chi connectivity index (χ0) is 24.6. The molecule has 2 aromatic carbocycles. The number of carbonyl (C=O) groups excluding carboxylic acids is 2. The van der Waals surface area contributed by atoms with Crippen molar-refractivity contribution in [2.75, 3.05) is 17.3 Å². The lowest BCUT2D eigenvalue weighted by Crippen LogP contribution is -2.52. The average Bonchev–Trinajstić information content (AvgIpc) is 3.31. The first-order chi connectivity index (χ1) is 16.2. The van der Waals surface area contributed by atoms with E-state index >= 15 is 0 Å². The highest BCUT2D eigenvalue weighted by Crippen LogP contribution is 2.42. The van der Waals surface area contributed by atoms with Gasteiger partial charge in [-0.05, 0) is 64.4 Å². The second kappa shape index (κ2) is 9.30. The van der Waals surface area contributed by atoms with Gasteiger partial charge in [-0.1, -0.05) is 42.0 Å². The number of rotatable bonds is 6. The van der Waals surface area contributed by atoms with Gasteiger partial charge in [-0.3, -0.25) is 14.5 Å². The lowest BCUT2D eigenvalue weighted by atomic mass is 9.93. The van der Waals surface area contributed by atoms with Crippen molar-refractivity contribution in [3.05, 3.63) is 83.7 Å². The van der Waals surface area contributed by atoms with Crippen LogP contribution in [0.25, 0.3) is 5.69 Å². The molecule has 34 heavy (non-hydrogen) atoms. The van der Waals surface area contributed by atoms with Crippen LogP contribution in [0, 0.1) is 12.3 Å². The quantitative estimate of drug-likeness (QED) is 0.426. The number of nitrogens with zero attached hydrogens (tertiary/aromatic N) is 3. The van der Waals surface area contributed by atoms with Crippen LogP contribution in [0.1, 0.15) is 50.6 Å². The van der Waals surface area contributed by atoms with E-state index in [1.807, 2.05) is 69.1 Å². The van der Waals surface area contributed by atoms with Crippen LogP contribution in [0.4, 0.5) is 5.69 Å². The van der Waals surface area contributed by atoms with Gasteiger partial charge in [0.1, 0.15) is 12.6 Å². The summed E-state index contributed by atoms with van der Waals surface area (Å²) in [6.07, 6.45) is 2.03. The second-order valence-corrected chi connectivity index (χ2v) is 10.2. The summed E-state index contributed by atoms with van der Waals surface area (Å²) >= 11 is 6.10. The van der Waals surface area contributed by atoms with Crippen molar-refractivity contribution < 1.29 is 9.59 Å². The number of hydrogen-bond acceptors (Lipinski definition) is 2. The summed E-state index contributed by atoms with van der Waals surface area (Å²) in [6, 6.07) is 19.8. The maximum absolute atomic E-state index is 14.1. The minimum absolute atomic E-state index is 0.0196. The van der Waals surface area contributed by atoms with Crippen molar-refractivity contribution in [2.45, 2.75) is 46.7 Å². The fourth-order valence-electron chi connectivity index (χ4n) is 4.48. The Morgan fingerprint density at radius 2 is 1.65 bits per heavy atom. The molecule has 0 saturated carbocycles. The number of aryl methyl sites for hydroxylation is 1. The zero-order valence-electron chi connectivity index (χ0n) is 20.5. The monoisotopic (exact) mass is 477 g/mol. The molecule has 0 radical (unpaired) electrons. The van der Waals surface area contributed by atoms with Crippen molar-refractivity contribution in [3.63, 3.8) is 0 Å². The molecule has 4 rings (SSSR count). The topological polar surface area (TPSA) is 45.6 Å². The maximum atomic E-state index is 14.1. The Morgan fingerprint density at radius 1 is 1.00 bits per heavy atom. The molecule has 1 atom stereocenters. The third-order valence-corrected chi connectivity index (χ3v) is 7.15. The minimum atomic E-state index is -0.753. The van der Waals surface area contributed by atoms with E-state index in [1.165, 1.54) is 0 Å². The molecule has 6 heteroatoms. The Hall–Kier alpha value is -3.05. The highest BCUT2D eigenvalue weighted by molar-refractivity contribution is 6.20. The number of fused-ring (bicyclic) bond motifs is 3. The molecular weight excluding hydrogens is 446 g/mol. The number of hydrogen-bond donors (Lipinski definition) is 0. The molecule has 0 spiro atoms. The van der Waals surface area contributed by atoms with E-state index in [-0.39, 0.29) is 36.3 Å². The van der Waals surface area contributed by atoms with E-state index in [2.05, 4.69) is 41.8 Å². The number of anilines is 1. The predicted molar refractivity (Wildman–Crippen MR) is 138 cm³/mol. The van der Waals surface area contributed by atoms with Gasteiger partial charge in [-0.15, -0.1) is 11.6 Å². The van der Waals surface area contributed by atoms with Crippen molar-refractivity contribution in [3.8, 4) is 5.69 Å². The Balaban J connectivity index is 1.81. The molecule has 1 aliphatic heterocycles. The SMILES string of the molecule is Cc1ccc([C@H]2c3cccn3-c3ccccc3N2C(=O)CN(C(=O)C(C)(C)CCl)C(C)C)cc1. The van der Waals surface area contributed by atoms with Crippen LogP contribution in [0.2, 0.25) is 0 Å². The van der Waals surface area contributed by atoms with Gasteiger partial charge in [0.25, 0.3) is 0 Å². The Labute approximate surface area is 206 Å². The molecule has 1 aliphatic rings. The van der Waals surface area contributed by atoms with Gasteiger partial charge >= 0.3 is 0 Å². The fraction of sp³-hybridized carbons (Fsp3) is 0.357. The first-order valence-electron chi connectivity index (χ1n) is 11.7. The third kappa shape index (κ3) is 4.25. The van der Waals surface area contributed by atoms with Gasteiger partial charge in [-0.25, -0.2) is 0 Å². The lowest BCUT2D eigenvalue weighted by molar-refractivity contribution is -0.144. The third-order valence-electron chi connectivity index (χ3n) is 6.48. The summed E-state index contributed by atoms with van der Waals surface area (Å²) in [6.45, 7) is 9.54. The fourth-order valence-corrected chi connectivity index (χ4v) is 4.60. The molecule has 3 aromatic rings. The number of para-hydroxylation sites is 2. The number of carbonyl (C=O) groups is 2. The van der Waals surface area contributed by atoms with Gasteiger partial charge in [0.15, 0.2) is 0 Å². The first kappa shape index (κ1) is 24.1. The van der Waals surface area contributed by atoms with Crippen LogP contribution in [0.5, 0.6) is 0 Å². The number of benzene rings is 2. The summed E-state index contributed by atoms with van der Waals surface area (Å²) in [5.41, 5.74) is 4.22. The van der Waals surface area contributed by atoms with E-state index < -0.39 is 5.41 Å². The van der Waals surface area contributed by atoms with Crippen LogP contribution >= 0.6 is 11.6 Å². The summed E-state index contributed by atoms with van der Waals surface area (Å²) in [7, 11) is 0. The molecule has 0 bridgehead atoms. The van der Waals surface area contributed by atoms with Crippen molar-refractivity contribution >= 4 is 29.1 Å². The first-order valence-corrected chi connectivity index (χ1v) is 12.2. The van der Waals surface area contributed by atoms with E-state index in [1.54, 1.807) is 4.90 Å². The molecule has 0 aliphatic carbocycles. The number of halogens is 1. The van der Waals surface area contributed by atoms with Crippen LogP contribution < -0.4 is 4.90 Å². The summed E-state index contributed by atoms with van der Waals surface area (Å²) in [5.74, 6) is -0.0562. The largest absolute Gasteiger partial charge is 0.330 e. The Morgan fingerprint density at radius 3 is 2.26 bits per heavy atom. The van der Waals surface area contributed by atoms with Gasteiger partial charge in [0.2, 0.25) is 11.8 Å². The highest BCUT2D eigenvalue weighted by atomic mass is 35.5. The molecule has 5 nitrogen and oxygen atoms in total. The van der Waals surface area contributed by atoms with Crippen molar-refractivity contribution in [1.82, 2.24) is 9.47 Å². The van der Waals surface area contributed by atoms with Crippen LogP contribution in [-0.4, -0.2) is 39.7 Å². The van der Waals surface area contributed by atoms with Crippen LogP contribution in [0.3, 0.4) is 0 Å². The molecule has 0 fully saturated rings. The Kier molecular flexibility index (Phi) is 6.59. The van der Waals surface area contributed by atoms with Crippen molar-refractivity contribution in [2.24, 2.45) is 5.41 Å². The lowest BCUT2D eigenvalue weighted by Gasteiger charge is -2.40. The van der Waals surface area contributed by atoms with E-state index in [9.17, 15) is 9.59 Å². The van der Waals surface area contributed by atoms with Crippen LogP contribution in [-0.2, 0) is 9.59 Å². The molecule has 0 N–H and O–H groups in total. The van der Waals surface area contributed by atoms with Gasteiger partial charge in [-0.2, -0.15) is 0 Å². The van der Waals surface area contributed by atoms with Gasteiger partial charge < -0.3 is 9.47 Å². The normalized spacial score (nSPS) is 15.1. The second-order valence-electron chi connectivity index (χ2n) is 9.91. The smallest absolute Gasteiger partial charge is 0.247 e. The van der Waals surface area contributed by atoms with Gasteiger partial charge in [0.05, 0.1) is 22.5 Å². The van der Waals surface area contributed by atoms with Crippen molar-refractivity contribution in [1.29, 1.82) is 0 Å². The minimum Gasteiger partial charge on any atom is -0.330 e. The summed E-state index contributed by atoms with van der Waals surface area (Å²) in [4.78, 5) is 30.9. The molecule has 178 valence electrons. The molecule has 0 saturated heterocycles. The van der Waals surface area contributed by atoms with E-state index in [4.69, 9.17) is 11.6 Å². The standard InChI is InChI=1S/C28H32ClN3O2/c1-19(2)31(27(34)28(4,5)18-29)17-25(33)32-23-10-7-6-9-22(23)30-16-8-11-24(30)26(32)21-14-12-20(3)13-15-21/h6-16,19,26H,17-18H2,1-5H3/t26-/m0/s1. The summed E-state index contributed by atoms with van der Waals surface area (Å²) < 4.78 is 2.14. The highest BCUT2D eigenvalue weighted by Gasteiger charge is 2.39. The average molecular weight is 478 g/mol. The number of amides is 2. The Bertz CT molecular complexity index is 1200. The molecule has 1 aromatic heterocycles. The maximum Gasteiger partial charge on any atom is 0.247 e. The van der Waals surface area contributed by atoms with E-state index in [0.29, 0.717) is 0 Å². The zero-order valence-corrected chi connectivity index (χ0v) is 21.2. The molecule has 2 amide bonds. The summed E-state index contributed by atoms with van der Waals surface area (Å²) in [5, 5.41) is 0. The number of alkyl halides is 1. The van der Waals surface area contributed by atoms with E-state index in [0.717, 1.165) is 28.2 Å². The molecule has 2 heterocycles.